The molecule has 0 fully saturated rings. The number of terminal acetylenes is 1. The van der Waals surface area contributed by atoms with Gasteiger partial charge >= 0.3 is 6.07 Å². The molecule has 0 unspecified atom stereocenters. The van der Waals surface area contributed by atoms with Gasteiger partial charge in [0.05, 0.1) is 5.92 Å². The highest BCUT2D eigenvalue weighted by atomic mass is 14.2. The van der Waals surface area contributed by atoms with Crippen LogP contribution in [0.15, 0.2) is 0 Å². The van der Waals surface area contributed by atoms with Crippen LogP contribution in [-0.4, -0.2) is 0 Å². The summed E-state index contributed by atoms with van der Waals surface area (Å²) in [6.07, 6.45) is 4.48. The van der Waals surface area contributed by atoms with Crippen LogP contribution in [0.4, 0.5) is 0 Å². The Labute approximate surface area is 24.9 Å². The van der Waals surface area contributed by atoms with Gasteiger partial charge in [-0.1, -0.05) is 11.7 Å². The van der Waals surface area contributed by atoms with Crippen LogP contribution in [0.25, 0.3) is 0 Å². The smallest absolute Gasteiger partial charge is 0.0994 e. The first-order valence-corrected chi connectivity index (χ1v) is 0.789. The topological polar surface area (TPSA) is 23.8 Å². The molecule has 0 amide bonds. The van der Waals surface area contributed by atoms with Crippen molar-refractivity contribution in [1.29, 1.82) is 0 Å². The van der Waals surface area contributed by atoms with Gasteiger partial charge < -0.3 is 0 Å². The summed E-state index contributed by atoms with van der Waals surface area (Å²) in [5.41, 5.74) is 0. The van der Waals surface area contributed by atoms with E-state index in [1.807, 2.05) is 5.92 Å². The minimum absolute atomic E-state index is 1.71. The number of hydrogen-bond donors (Lipinski definition) is 1. The summed E-state index contributed by atoms with van der Waals surface area (Å²) in [7, 11) is 0. The fraction of sp³-hybridized carbons (Fsp3) is 0. The second-order valence-electron chi connectivity index (χ2n) is 0.269. The van der Waals surface area contributed by atoms with Crippen molar-refractivity contribution < 1.29 is 5.26 Å². The summed E-state index contributed by atoms with van der Waals surface area (Å²) in [6.45, 7) is 0. The van der Waals surface area contributed by atoms with E-state index in [4.69, 9.17) is 5.26 Å². The third kappa shape index (κ3) is 1.05. The zero-order chi connectivity index (χ0) is 3.41. The van der Waals surface area contributed by atoms with Crippen LogP contribution in [0.2, 0.25) is 0 Å². The van der Waals surface area contributed by atoms with Gasteiger partial charge in [0.25, 0.3) is 0 Å². The second kappa shape index (κ2) is 2.05. The average molecular weight is 52.1 g/mol. The molecule has 0 saturated heterocycles. The van der Waals surface area contributed by atoms with Gasteiger partial charge in [0.2, 0.25) is 0 Å². The Morgan fingerprint density at radius 2 is 2.00 bits per heavy atom. The largest absolute Gasteiger partial charge is 0.362 e. The van der Waals surface area contributed by atoms with E-state index < -0.39 is 0 Å². The lowest BCUT2D eigenvalue weighted by molar-refractivity contribution is -0.0895. The molecule has 0 aromatic rings. The molecule has 18 valence electrons. The molecule has 0 aromatic heterocycles. The van der Waals surface area contributed by atoms with Crippen LogP contribution < -0.4 is 5.26 Å². The van der Waals surface area contributed by atoms with Crippen molar-refractivity contribution in [3.05, 3.63) is 0 Å². The minimum Gasteiger partial charge on any atom is -0.0994 e. The van der Waals surface area contributed by atoms with Crippen LogP contribution in [0.1, 0.15) is 0 Å². The summed E-state index contributed by atoms with van der Waals surface area (Å²) < 4.78 is 0. The second-order valence-corrected chi connectivity index (χ2v) is 0.269. The maximum atomic E-state index is 5.97. The summed E-state index contributed by atoms with van der Waals surface area (Å²) in [6, 6.07) is 1.71. The van der Waals surface area contributed by atoms with Gasteiger partial charge in [0.15, 0.2) is 0 Å². The minimum atomic E-state index is 1.71. The summed E-state index contributed by atoms with van der Waals surface area (Å²) >= 11 is 0. The third-order valence-corrected chi connectivity index (χ3v) is 0.0722. The quantitative estimate of drug-likeness (QED) is 0.321. The number of rotatable bonds is 0. The van der Waals surface area contributed by atoms with Gasteiger partial charge in [-0.25, -0.2) is 0 Å². The molecule has 0 aliphatic carbocycles. The number of hydrogen-bond acceptors (Lipinski definition) is 0. The van der Waals surface area contributed by atoms with Crippen molar-refractivity contribution in [1.82, 2.24) is 0 Å². The molecule has 0 saturated carbocycles. The van der Waals surface area contributed by atoms with Crippen molar-refractivity contribution in [2.75, 3.05) is 0 Å². The maximum absolute atomic E-state index is 5.97. The Bertz CT molecular complexity index is 58.3. The number of nitrogens with one attached hydrogen (secondary N) is 1. The zero-order valence-electron chi connectivity index (χ0n) is 2.08. The average Bonchev–Trinajstić information content (AvgIpc) is 1.37. The van der Waals surface area contributed by atoms with Gasteiger partial charge in [0.1, 0.15) is 0 Å². The van der Waals surface area contributed by atoms with E-state index in [2.05, 4.69) is 6.42 Å². The predicted molar refractivity (Wildman–Crippen MR) is 13.7 cm³/mol. The van der Waals surface area contributed by atoms with E-state index in [-0.39, 0.29) is 0 Å². The molecule has 1 heteroatoms. The molecule has 0 spiro atoms. The molecular weight excluding hydrogens is 50.0 g/mol. The molecule has 0 atom stereocenters. The SMILES string of the molecule is C#CC#[NH+]. The fourth-order valence-corrected chi connectivity index (χ4v) is 0. The lowest BCUT2D eigenvalue weighted by atomic mass is 10.8. The lowest BCUT2D eigenvalue weighted by Gasteiger charge is -1.12. The first-order chi connectivity index (χ1) is 1.91. The van der Waals surface area contributed by atoms with Crippen LogP contribution in [0.5, 0.6) is 0 Å². The predicted octanol–water partition coefficient (Wildman–Crippen LogP) is -1.61. The molecule has 0 aromatic carbocycles. The lowest BCUT2D eigenvalue weighted by Crippen LogP contribution is -2.15. The van der Waals surface area contributed by atoms with E-state index in [0.717, 1.165) is 0 Å². The summed E-state index contributed by atoms with van der Waals surface area (Å²) in [4.78, 5) is 0. The van der Waals surface area contributed by atoms with Crippen molar-refractivity contribution in [3.8, 4) is 18.4 Å². The fourth-order valence-electron chi connectivity index (χ4n) is 0. The molecule has 1 N–H and O–H groups in total. The summed E-state index contributed by atoms with van der Waals surface area (Å²) in [5, 5.41) is 5.97. The van der Waals surface area contributed by atoms with E-state index in [9.17, 15) is 0 Å². The first-order valence-electron chi connectivity index (χ1n) is 0.789. The highest BCUT2D eigenvalue weighted by Gasteiger charge is 1.44. The van der Waals surface area contributed by atoms with Crippen molar-refractivity contribution in [2.45, 2.75) is 0 Å². The van der Waals surface area contributed by atoms with Crippen molar-refractivity contribution >= 4 is 0 Å². The highest BCUT2D eigenvalue weighted by molar-refractivity contribution is 5.07. The Hall–Kier alpha value is -0.950. The molecule has 0 heterocycles. The first kappa shape index (κ1) is 3.05. The molecule has 0 rings (SSSR count). The van der Waals surface area contributed by atoms with Gasteiger partial charge in [-0.15, -0.1) is 0 Å². The van der Waals surface area contributed by atoms with Crippen LogP contribution in [0, 0.1) is 18.4 Å². The Kier molecular flexibility index (Phi) is 1.56. The van der Waals surface area contributed by atoms with Gasteiger partial charge in [-0.2, -0.15) is 0 Å². The Balaban J connectivity index is 3.14. The molecule has 1 nitrogen and oxygen atoms in total. The molecule has 0 aliphatic rings. The van der Waals surface area contributed by atoms with Gasteiger partial charge in [0, 0.05) is 0 Å². The monoisotopic (exact) mass is 52.0 g/mol. The maximum Gasteiger partial charge on any atom is 0.362 e. The molecule has 0 radical (unpaired) electrons. The van der Waals surface area contributed by atoms with Gasteiger partial charge in [-0.05, 0) is 0 Å². The highest BCUT2D eigenvalue weighted by Crippen LogP contribution is 1.20. The Morgan fingerprint density at radius 1 is 1.75 bits per heavy atom. The van der Waals surface area contributed by atoms with Crippen LogP contribution in [0.3, 0.4) is 0 Å². The third-order valence-electron chi connectivity index (χ3n) is 0.0722. The van der Waals surface area contributed by atoms with E-state index in [0.29, 0.717) is 0 Å². The molecule has 4 heavy (non-hydrogen) atoms. The molecule has 0 aliphatic heterocycles. The molecule has 0 bridgehead atoms. The standard InChI is InChI=1S/C3HN/c1-2-3-4/h1H/p+1. The summed E-state index contributed by atoms with van der Waals surface area (Å²) in [5.74, 6) is 1.85. The molecular formula is C3H2N+. The van der Waals surface area contributed by atoms with E-state index in [1.54, 1.807) is 6.07 Å². The van der Waals surface area contributed by atoms with Crippen LogP contribution in [-0.2, 0) is 0 Å². The van der Waals surface area contributed by atoms with E-state index >= 15 is 0 Å². The van der Waals surface area contributed by atoms with Crippen LogP contribution >= 0.6 is 0 Å². The normalized spacial score (nSPS) is 2.50. The Morgan fingerprint density at radius 3 is 2.00 bits per heavy atom. The van der Waals surface area contributed by atoms with Crippen molar-refractivity contribution in [2.24, 2.45) is 0 Å². The zero-order valence-corrected chi connectivity index (χ0v) is 2.08. The van der Waals surface area contributed by atoms with Crippen molar-refractivity contribution in [3.63, 3.8) is 0 Å². The van der Waals surface area contributed by atoms with E-state index in [1.165, 1.54) is 0 Å². The van der Waals surface area contributed by atoms with Gasteiger partial charge in [-0.3, -0.25) is 0 Å².